The fraction of sp³-hybridized carbons (Fsp3) is 0.531. The van der Waals surface area contributed by atoms with Crippen LogP contribution in [0.25, 0.3) is 0 Å². The molecule has 0 saturated carbocycles. The van der Waals surface area contributed by atoms with Crippen LogP contribution in [-0.2, 0) is 22.4 Å². The fourth-order valence-corrected chi connectivity index (χ4v) is 4.25. The molecule has 0 heterocycles. The first-order chi connectivity index (χ1) is 17.3. The summed E-state index contributed by atoms with van der Waals surface area (Å²) in [6.07, 6.45) is 21.7. The van der Waals surface area contributed by atoms with Gasteiger partial charge in [0.2, 0.25) is 0 Å². The van der Waals surface area contributed by atoms with Crippen molar-refractivity contribution in [2.45, 2.75) is 96.8 Å². The molecule has 0 aliphatic rings. The second kappa shape index (κ2) is 19.7. The minimum atomic E-state index is -0.118. The number of carbonyl (C=O) groups excluding carboxylic acids is 1. The molecule has 0 aromatic heterocycles. The van der Waals surface area contributed by atoms with Crippen LogP contribution in [0.1, 0.15) is 95.1 Å². The van der Waals surface area contributed by atoms with Crippen LogP contribution in [-0.4, -0.2) is 19.1 Å². The van der Waals surface area contributed by atoms with Gasteiger partial charge in [0.25, 0.3) is 0 Å². The van der Waals surface area contributed by atoms with Crippen molar-refractivity contribution < 1.29 is 9.53 Å². The first kappa shape index (κ1) is 28.7. The maximum Gasteiger partial charge on any atom is 0.306 e. The lowest BCUT2D eigenvalue weighted by molar-refractivity contribution is -0.143. The van der Waals surface area contributed by atoms with Crippen molar-refractivity contribution >= 4 is 11.7 Å². The van der Waals surface area contributed by atoms with Gasteiger partial charge in [0.05, 0.1) is 6.61 Å². The van der Waals surface area contributed by atoms with Gasteiger partial charge < -0.3 is 10.1 Å². The molecule has 2 aromatic carbocycles. The van der Waals surface area contributed by atoms with E-state index in [0.29, 0.717) is 13.0 Å². The number of hydrogen-bond donors (Lipinski definition) is 1. The number of nitrogens with one attached hydrogen (secondary N) is 1. The molecule has 0 aliphatic heterocycles. The molecule has 1 N–H and O–H groups in total. The van der Waals surface area contributed by atoms with Crippen molar-refractivity contribution in [3.8, 4) is 0 Å². The van der Waals surface area contributed by atoms with E-state index in [9.17, 15) is 4.79 Å². The Kier molecular flexibility index (Phi) is 16.2. The second-order valence-corrected chi connectivity index (χ2v) is 9.41. The van der Waals surface area contributed by atoms with Crippen molar-refractivity contribution in [2.24, 2.45) is 0 Å². The molecule has 0 atom stereocenters. The lowest BCUT2D eigenvalue weighted by Crippen LogP contribution is -2.05. The Morgan fingerprint density at radius 2 is 1.37 bits per heavy atom. The van der Waals surface area contributed by atoms with E-state index in [1.54, 1.807) is 0 Å². The van der Waals surface area contributed by atoms with E-state index in [-0.39, 0.29) is 5.97 Å². The van der Waals surface area contributed by atoms with Crippen molar-refractivity contribution in [3.05, 3.63) is 77.9 Å². The van der Waals surface area contributed by atoms with Crippen molar-refractivity contribution in [1.29, 1.82) is 0 Å². The summed E-state index contributed by atoms with van der Waals surface area (Å²) in [5.41, 5.74) is 3.74. The summed E-state index contributed by atoms with van der Waals surface area (Å²) in [7, 11) is 0. The third-order valence-corrected chi connectivity index (χ3v) is 6.37. The third kappa shape index (κ3) is 15.1. The minimum absolute atomic E-state index is 0.118. The first-order valence-corrected chi connectivity index (χ1v) is 14.0. The van der Waals surface area contributed by atoms with Crippen molar-refractivity contribution in [1.82, 2.24) is 0 Å². The summed E-state index contributed by atoms with van der Waals surface area (Å²) < 4.78 is 4.98. The number of carbonyl (C=O) groups is 1. The molecule has 0 amide bonds. The zero-order valence-corrected chi connectivity index (χ0v) is 22.0. The normalized spacial score (nSPS) is 11.1. The molecular weight excluding hydrogens is 430 g/mol. The highest BCUT2D eigenvalue weighted by atomic mass is 16.5. The van der Waals surface area contributed by atoms with Crippen LogP contribution in [0.3, 0.4) is 0 Å². The van der Waals surface area contributed by atoms with E-state index in [1.807, 2.05) is 6.92 Å². The fourth-order valence-electron chi connectivity index (χ4n) is 4.25. The van der Waals surface area contributed by atoms with Crippen molar-refractivity contribution in [2.75, 3.05) is 18.5 Å². The number of allylic oxidation sites excluding steroid dienone is 2. The molecule has 2 rings (SSSR count). The van der Waals surface area contributed by atoms with E-state index < -0.39 is 0 Å². The van der Waals surface area contributed by atoms with Gasteiger partial charge in [0.15, 0.2) is 0 Å². The number of unbranched alkanes of at least 4 members (excludes halogenated alkanes) is 10. The molecule has 192 valence electrons. The third-order valence-electron chi connectivity index (χ3n) is 6.37. The standard InChI is InChI=1S/C32H47NO2/c1-2-35-32(34)27-24-30-22-25-31(26-23-30)33-28-18-13-11-9-7-5-3-4-6-8-10-12-15-19-29-20-16-14-17-21-29/h12,14-17,20-23,25-26,33H,2-11,13,18-19,24,27-28H2,1H3. The molecule has 0 bridgehead atoms. The van der Waals surface area contributed by atoms with Gasteiger partial charge in [-0.3, -0.25) is 4.79 Å². The summed E-state index contributed by atoms with van der Waals surface area (Å²) in [6.45, 7) is 3.33. The van der Waals surface area contributed by atoms with Crippen LogP contribution in [0.15, 0.2) is 66.7 Å². The molecule has 3 heteroatoms. The Morgan fingerprint density at radius 3 is 2.03 bits per heavy atom. The molecule has 0 radical (unpaired) electrons. The maximum atomic E-state index is 11.5. The Hall–Kier alpha value is -2.55. The lowest BCUT2D eigenvalue weighted by atomic mass is 10.1. The topological polar surface area (TPSA) is 38.3 Å². The number of aryl methyl sites for hydroxylation is 1. The number of rotatable bonds is 20. The zero-order valence-electron chi connectivity index (χ0n) is 22.0. The predicted molar refractivity (Wildman–Crippen MR) is 150 cm³/mol. The summed E-state index contributed by atoms with van der Waals surface area (Å²) in [5, 5.41) is 3.51. The highest BCUT2D eigenvalue weighted by Crippen LogP contribution is 2.14. The Morgan fingerprint density at radius 1 is 0.743 bits per heavy atom. The molecule has 35 heavy (non-hydrogen) atoms. The Labute approximate surface area is 214 Å². The molecule has 2 aromatic rings. The van der Waals surface area contributed by atoms with E-state index in [0.717, 1.165) is 25.1 Å². The molecular formula is C32H47NO2. The van der Waals surface area contributed by atoms with Gasteiger partial charge in [-0.1, -0.05) is 106 Å². The predicted octanol–water partition coefficient (Wildman–Crippen LogP) is 8.68. The molecule has 0 spiro atoms. The van der Waals surface area contributed by atoms with E-state index in [2.05, 4.69) is 72.1 Å². The monoisotopic (exact) mass is 477 g/mol. The van der Waals surface area contributed by atoms with Gasteiger partial charge in [-0.15, -0.1) is 0 Å². The number of benzene rings is 2. The molecule has 0 unspecified atom stereocenters. The average molecular weight is 478 g/mol. The van der Waals surface area contributed by atoms with Gasteiger partial charge in [-0.2, -0.15) is 0 Å². The van der Waals surface area contributed by atoms with E-state index in [4.69, 9.17) is 4.74 Å². The van der Waals surface area contributed by atoms with Crippen LogP contribution < -0.4 is 5.32 Å². The highest BCUT2D eigenvalue weighted by molar-refractivity contribution is 5.69. The quantitative estimate of drug-likeness (QED) is 0.118. The van der Waals surface area contributed by atoms with Crippen molar-refractivity contribution in [3.63, 3.8) is 0 Å². The number of esters is 1. The second-order valence-electron chi connectivity index (χ2n) is 9.41. The number of ether oxygens (including phenoxy) is 1. The van der Waals surface area contributed by atoms with Gasteiger partial charge in [-0.05, 0) is 62.3 Å². The average Bonchev–Trinajstić information content (AvgIpc) is 2.88. The van der Waals surface area contributed by atoms with Gasteiger partial charge in [-0.25, -0.2) is 0 Å². The van der Waals surface area contributed by atoms with Crippen LogP contribution in [0.2, 0.25) is 0 Å². The summed E-state index contributed by atoms with van der Waals surface area (Å²) in [4.78, 5) is 11.5. The zero-order chi connectivity index (χ0) is 24.8. The van der Waals surface area contributed by atoms with Gasteiger partial charge in [0, 0.05) is 18.7 Å². The summed E-state index contributed by atoms with van der Waals surface area (Å²) in [5.74, 6) is -0.118. The highest BCUT2D eigenvalue weighted by Gasteiger charge is 2.02. The summed E-state index contributed by atoms with van der Waals surface area (Å²) >= 11 is 0. The SMILES string of the molecule is CCOC(=O)CCc1ccc(NCCCCCCCCCCCCC=CCc2ccccc2)cc1. The van der Waals surface area contributed by atoms with E-state index in [1.165, 1.54) is 81.8 Å². The molecule has 0 fully saturated rings. The van der Waals surface area contributed by atoms with Gasteiger partial charge in [0.1, 0.15) is 0 Å². The van der Waals surface area contributed by atoms with E-state index >= 15 is 0 Å². The molecule has 0 aliphatic carbocycles. The molecule has 3 nitrogen and oxygen atoms in total. The van der Waals surface area contributed by atoms with Crippen LogP contribution in [0.5, 0.6) is 0 Å². The first-order valence-electron chi connectivity index (χ1n) is 14.0. The minimum Gasteiger partial charge on any atom is -0.466 e. The largest absolute Gasteiger partial charge is 0.466 e. The smallest absolute Gasteiger partial charge is 0.306 e. The van der Waals surface area contributed by atoms with Crippen LogP contribution >= 0.6 is 0 Å². The van der Waals surface area contributed by atoms with Crippen LogP contribution in [0, 0.1) is 0 Å². The summed E-state index contributed by atoms with van der Waals surface area (Å²) in [6, 6.07) is 19.1. The van der Waals surface area contributed by atoms with Crippen LogP contribution in [0.4, 0.5) is 5.69 Å². The molecule has 0 saturated heterocycles. The Bertz CT molecular complexity index is 798. The Balaban J connectivity index is 1.33. The number of anilines is 1. The van der Waals surface area contributed by atoms with Gasteiger partial charge >= 0.3 is 5.97 Å². The lowest BCUT2D eigenvalue weighted by Gasteiger charge is -2.08. The number of hydrogen-bond acceptors (Lipinski definition) is 3. The maximum absolute atomic E-state index is 11.5.